The Morgan fingerprint density at radius 1 is 1.16 bits per heavy atom. The van der Waals surface area contributed by atoms with E-state index in [1.807, 2.05) is 24.3 Å². The van der Waals surface area contributed by atoms with E-state index in [9.17, 15) is 13.6 Å². The molecule has 1 atom stereocenters. The Kier molecular flexibility index (Phi) is 5.08. The van der Waals surface area contributed by atoms with E-state index in [1.54, 1.807) is 25.1 Å². The van der Waals surface area contributed by atoms with Crippen LogP contribution < -0.4 is 10.1 Å². The second kappa shape index (κ2) is 7.12. The fraction of sp³-hybridized carbons (Fsp3) is 0.316. The summed E-state index contributed by atoms with van der Waals surface area (Å²) in [6.45, 7) is -1.13. The highest BCUT2D eigenvalue weighted by Gasteiger charge is 2.51. The van der Waals surface area contributed by atoms with Crippen molar-refractivity contribution in [2.45, 2.75) is 37.8 Å². The van der Waals surface area contributed by atoms with Crippen LogP contribution in [0.25, 0.3) is 0 Å². The smallest absolute Gasteiger partial charge is 0.387 e. The molecule has 1 aliphatic carbocycles. The molecular weight excluding hydrogens is 392 g/mol. The van der Waals surface area contributed by atoms with Gasteiger partial charge >= 0.3 is 6.61 Å². The van der Waals surface area contributed by atoms with Crippen LogP contribution in [-0.2, 0) is 10.2 Å². The molecule has 0 bridgehead atoms. The van der Waals surface area contributed by atoms with E-state index < -0.39 is 18.1 Å². The number of rotatable bonds is 6. The van der Waals surface area contributed by atoms with Crippen molar-refractivity contribution in [1.29, 1.82) is 0 Å². The molecule has 1 amide bonds. The highest BCUT2D eigenvalue weighted by atomic mass is 79.9. The molecule has 1 fully saturated rings. The van der Waals surface area contributed by atoms with E-state index in [1.165, 1.54) is 6.07 Å². The first-order valence-corrected chi connectivity index (χ1v) is 8.82. The van der Waals surface area contributed by atoms with Crippen molar-refractivity contribution in [1.82, 2.24) is 5.32 Å². The number of hydrogen-bond acceptors (Lipinski definition) is 2. The van der Waals surface area contributed by atoms with Crippen molar-refractivity contribution < 1.29 is 18.3 Å². The van der Waals surface area contributed by atoms with Crippen LogP contribution in [-0.4, -0.2) is 12.5 Å². The number of halogens is 3. The summed E-state index contributed by atoms with van der Waals surface area (Å²) >= 11 is 3.39. The fourth-order valence-corrected chi connectivity index (χ4v) is 3.26. The molecule has 0 heterocycles. The van der Waals surface area contributed by atoms with Gasteiger partial charge in [0.1, 0.15) is 5.75 Å². The summed E-state index contributed by atoms with van der Waals surface area (Å²) in [5, 5.41) is 2.95. The summed E-state index contributed by atoms with van der Waals surface area (Å²) in [5.74, 6) is -0.00652. The minimum absolute atomic E-state index is 0.0822. The SMILES string of the molecule is C[C@@H](NC(=O)C1(c2ccc(Br)cc2)CC1)c1ccccc1OC(F)F. The number of benzene rings is 2. The number of ether oxygens (including phenoxy) is 1. The minimum atomic E-state index is -2.90. The normalized spacial score (nSPS) is 16.4. The lowest BCUT2D eigenvalue weighted by molar-refractivity contribution is -0.124. The molecule has 3 rings (SSSR count). The molecule has 0 aliphatic heterocycles. The zero-order valence-corrected chi connectivity index (χ0v) is 15.2. The van der Waals surface area contributed by atoms with Crippen LogP contribution in [0.5, 0.6) is 5.75 Å². The zero-order valence-electron chi connectivity index (χ0n) is 13.6. The van der Waals surface area contributed by atoms with Crippen LogP contribution in [0.3, 0.4) is 0 Å². The van der Waals surface area contributed by atoms with E-state index in [0.29, 0.717) is 5.56 Å². The number of alkyl halides is 2. The van der Waals surface area contributed by atoms with Crippen molar-refractivity contribution in [2.24, 2.45) is 0 Å². The monoisotopic (exact) mass is 409 g/mol. The highest BCUT2D eigenvalue weighted by molar-refractivity contribution is 9.10. The Labute approximate surface area is 153 Å². The number of carbonyl (C=O) groups excluding carboxylic acids is 1. The summed E-state index contributed by atoms with van der Waals surface area (Å²) in [6, 6.07) is 13.8. The van der Waals surface area contributed by atoms with Gasteiger partial charge in [-0.05, 0) is 43.5 Å². The molecule has 0 saturated heterocycles. The quantitative estimate of drug-likeness (QED) is 0.731. The molecule has 132 valence electrons. The number of nitrogens with one attached hydrogen (secondary N) is 1. The average Bonchev–Trinajstić information content (AvgIpc) is 3.37. The van der Waals surface area contributed by atoms with Gasteiger partial charge in [0.05, 0.1) is 11.5 Å². The van der Waals surface area contributed by atoms with Crippen LogP contribution in [0.1, 0.15) is 36.9 Å². The van der Waals surface area contributed by atoms with E-state index in [-0.39, 0.29) is 11.7 Å². The Morgan fingerprint density at radius 2 is 1.80 bits per heavy atom. The molecule has 0 spiro atoms. The van der Waals surface area contributed by atoms with Gasteiger partial charge in [0.2, 0.25) is 5.91 Å². The van der Waals surface area contributed by atoms with E-state index >= 15 is 0 Å². The first-order chi connectivity index (χ1) is 11.9. The van der Waals surface area contributed by atoms with Gasteiger partial charge in [-0.2, -0.15) is 8.78 Å². The number of hydrogen-bond donors (Lipinski definition) is 1. The fourth-order valence-electron chi connectivity index (χ4n) is 2.99. The second-order valence-electron chi connectivity index (χ2n) is 6.20. The Bertz CT molecular complexity index is 760. The Hall–Kier alpha value is -1.95. The third-order valence-electron chi connectivity index (χ3n) is 4.53. The van der Waals surface area contributed by atoms with Crippen molar-refractivity contribution in [3.8, 4) is 5.75 Å². The van der Waals surface area contributed by atoms with Crippen LogP contribution in [0, 0.1) is 0 Å². The van der Waals surface area contributed by atoms with Gasteiger partial charge in [-0.3, -0.25) is 4.79 Å². The minimum Gasteiger partial charge on any atom is -0.434 e. The number of amides is 1. The standard InChI is InChI=1S/C19H18BrF2NO2/c1-12(15-4-2-3-5-16(15)25-18(21)22)23-17(24)19(10-11-19)13-6-8-14(20)9-7-13/h2-9,12,18H,10-11H2,1H3,(H,23,24)/t12-/m1/s1. The summed E-state index contributed by atoms with van der Waals surface area (Å²) in [5.41, 5.74) is 0.980. The summed E-state index contributed by atoms with van der Waals surface area (Å²) < 4.78 is 30.6. The maximum atomic E-state index is 12.8. The molecule has 0 aromatic heterocycles. The van der Waals surface area contributed by atoms with Crippen LogP contribution >= 0.6 is 15.9 Å². The molecule has 0 radical (unpaired) electrons. The Balaban J connectivity index is 1.76. The van der Waals surface area contributed by atoms with E-state index in [2.05, 4.69) is 26.0 Å². The topological polar surface area (TPSA) is 38.3 Å². The van der Waals surface area contributed by atoms with Gasteiger partial charge in [0.15, 0.2) is 0 Å². The van der Waals surface area contributed by atoms with Crippen LogP contribution in [0.2, 0.25) is 0 Å². The highest BCUT2D eigenvalue weighted by Crippen LogP contribution is 2.49. The van der Waals surface area contributed by atoms with Gasteiger partial charge in [0.25, 0.3) is 0 Å². The van der Waals surface area contributed by atoms with Crippen LogP contribution in [0.4, 0.5) is 8.78 Å². The summed E-state index contributed by atoms with van der Waals surface area (Å²) in [4.78, 5) is 12.8. The predicted molar refractivity (Wildman–Crippen MR) is 94.7 cm³/mol. The summed E-state index contributed by atoms with van der Waals surface area (Å²) in [6.07, 6.45) is 1.56. The molecule has 2 aromatic rings. The lowest BCUT2D eigenvalue weighted by Gasteiger charge is -2.22. The van der Waals surface area contributed by atoms with E-state index in [4.69, 9.17) is 0 Å². The molecule has 25 heavy (non-hydrogen) atoms. The third-order valence-corrected chi connectivity index (χ3v) is 5.06. The lowest BCUT2D eigenvalue weighted by Crippen LogP contribution is -2.36. The number of carbonyl (C=O) groups is 1. The van der Waals surface area contributed by atoms with Gasteiger partial charge in [-0.15, -0.1) is 0 Å². The molecule has 1 saturated carbocycles. The van der Waals surface area contributed by atoms with Gasteiger partial charge in [0, 0.05) is 10.0 Å². The Morgan fingerprint density at radius 3 is 2.40 bits per heavy atom. The van der Waals surface area contributed by atoms with E-state index in [0.717, 1.165) is 22.9 Å². The van der Waals surface area contributed by atoms with Gasteiger partial charge < -0.3 is 10.1 Å². The molecule has 6 heteroatoms. The lowest BCUT2D eigenvalue weighted by atomic mass is 9.94. The largest absolute Gasteiger partial charge is 0.434 e. The maximum Gasteiger partial charge on any atom is 0.387 e. The second-order valence-corrected chi connectivity index (χ2v) is 7.12. The zero-order chi connectivity index (χ0) is 18.0. The van der Waals surface area contributed by atoms with Crippen LogP contribution in [0.15, 0.2) is 53.0 Å². The molecule has 1 aliphatic rings. The van der Waals surface area contributed by atoms with Crippen molar-refractivity contribution >= 4 is 21.8 Å². The first kappa shape index (κ1) is 17.9. The van der Waals surface area contributed by atoms with Crippen molar-refractivity contribution in [2.75, 3.05) is 0 Å². The molecule has 3 nitrogen and oxygen atoms in total. The molecular formula is C19H18BrF2NO2. The third kappa shape index (κ3) is 3.84. The number of para-hydroxylation sites is 1. The summed E-state index contributed by atoms with van der Waals surface area (Å²) in [7, 11) is 0. The molecule has 0 unspecified atom stereocenters. The van der Waals surface area contributed by atoms with Gasteiger partial charge in [-0.1, -0.05) is 46.3 Å². The molecule has 1 N–H and O–H groups in total. The van der Waals surface area contributed by atoms with Crippen molar-refractivity contribution in [3.63, 3.8) is 0 Å². The maximum absolute atomic E-state index is 12.8. The molecule has 2 aromatic carbocycles. The van der Waals surface area contributed by atoms with Crippen molar-refractivity contribution in [3.05, 3.63) is 64.1 Å². The van der Waals surface area contributed by atoms with Gasteiger partial charge in [-0.25, -0.2) is 0 Å². The first-order valence-electron chi connectivity index (χ1n) is 8.03. The predicted octanol–water partition coefficient (Wildman–Crippen LogP) is 4.96. The average molecular weight is 410 g/mol.